The van der Waals surface area contributed by atoms with Gasteiger partial charge < -0.3 is 21.3 Å². The molecular weight excluding hydrogens is 420 g/mol. The first-order chi connectivity index (χ1) is 16.5. The highest BCUT2D eigenvalue weighted by Gasteiger charge is 2.51. The first-order valence-electron chi connectivity index (χ1n) is 13.3. The molecule has 34 heavy (non-hydrogen) atoms. The number of nitrogens with two attached hydrogens (primary N) is 1. The van der Waals surface area contributed by atoms with Gasteiger partial charge in [-0.2, -0.15) is 0 Å². The lowest BCUT2D eigenvalue weighted by atomic mass is 9.49. The van der Waals surface area contributed by atoms with Crippen LogP contribution in [-0.4, -0.2) is 36.5 Å². The Morgan fingerprint density at radius 3 is 2.21 bits per heavy atom. The van der Waals surface area contributed by atoms with Crippen molar-refractivity contribution in [1.82, 2.24) is 4.90 Å². The molecule has 5 nitrogen and oxygen atoms in total. The molecule has 180 valence electrons. The van der Waals surface area contributed by atoms with Gasteiger partial charge in [-0.25, -0.2) is 0 Å². The van der Waals surface area contributed by atoms with E-state index in [2.05, 4.69) is 15.5 Å². The quantitative estimate of drug-likeness (QED) is 0.492. The van der Waals surface area contributed by atoms with Crippen molar-refractivity contribution in [3.8, 4) is 0 Å². The van der Waals surface area contributed by atoms with Crippen molar-refractivity contribution in [1.29, 1.82) is 0 Å². The molecule has 4 bridgehead atoms. The number of nitrogens with zero attached hydrogens (tertiary/aromatic N) is 1. The van der Waals surface area contributed by atoms with Gasteiger partial charge in [0.05, 0.1) is 11.4 Å². The van der Waals surface area contributed by atoms with E-state index < -0.39 is 0 Å². The maximum atomic E-state index is 12.4. The molecule has 0 atom stereocenters. The Kier molecular flexibility index (Phi) is 5.76. The zero-order chi connectivity index (χ0) is 23.1. The van der Waals surface area contributed by atoms with Crippen LogP contribution in [0.3, 0.4) is 0 Å². The molecule has 5 aliphatic rings. The van der Waals surface area contributed by atoms with Crippen LogP contribution in [-0.2, 0) is 0 Å². The third-order valence-corrected chi connectivity index (χ3v) is 9.02. The molecule has 4 aliphatic carbocycles. The minimum atomic E-state index is -0.139. The Bertz CT molecular complexity index is 992. The van der Waals surface area contributed by atoms with E-state index in [0.29, 0.717) is 28.4 Å². The standard InChI is InChI=1S/C29H38N4O/c30-26-15-25(6-7-27(26)32-28(34)23-4-2-1-3-5-23)31-24-8-10-33(11-9-24)19-29-16-20-12-21(17-29)14-22(13-20)18-29/h1-7,15,20-22,24,31H,8-14,16-19,30H2,(H,32,34). The molecule has 4 N–H and O–H groups in total. The summed E-state index contributed by atoms with van der Waals surface area (Å²) in [4.78, 5) is 15.2. The zero-order valence-electron chi connectivity index (χ0n) is 20.1. The van der Waals surface area contributed by atoms with Crippen LogP contribution in [0.2, 0.25) is 0 Å². The van der Waals surface area contributed by atoms with E-state index >= 15 is 0 Å². The number of hydrogen-bond acceptors (Lipinski definition) is 4. The monoisotopic (exact) mass is 458 g/mol. The van der Waals surface area contributed by atoms with Gasteiger partial charge in [-0.1, -0.05) is 18.2 Å². The van der Waals surface area contributed by atoms with E-state index in [-0.39, 0.29) is 5.91 Å². The highest BCUT2D eigenvalue weighted by atomic mass is 16.1. The van der Waals surface area contributed by atoms with Gasteiger partial charge in [-0.05, 0) is 105 Å². The van der Waals surface area contributed by atoms with Crippen LogP contribution in [0.15, 0.2) is 48.5 Å². The molecule has 0 spiro atoms. The largest absolute Gasteiger partial charge is 0.397 e. The predicted molar refractivity (Wildman–Crippen MR) is 139 cm³/mol. The Hall–Kier alpha value is -2.53. The topological polar surface area (TPSA) is 70.4 Å². The lowest BCUT2D eigenvalue weighted by Gasteiger charge is -2.58. The van der Waals surface area contributed by atoms with Gasteiger partial charge in [0.1, 0.15) is 0 Å². The van der Waals surface area contributed by atoms with Crippen molar-refractivity contribution < 1.29 is 4.79 Å². The third-order valence-electron chi connectivity index (χ3n) is 9.02. The molecule has 1 heterocycles. The smallest absolute Gasteiger partial charge is 0.255 e. The van der Waals surface area contributed by atoms with Crippen molar-refractivity contribution in [2.75, 3.05) is 36.0 Å². The van der Waals surface area contributed by atoms with E-state index in [9.17, 15) is 4.79 Å². The Morgan fingerprint density at radius 1 is 0.941 bits per heavy atom. The second kappa shape index (κ2) is 8.92. The summed E-state index contributed by atoms with van der Waals surface area (Å²) in [6.45, 7) is 3.73. The normalized spacial score (nSPS) is 30.9. The van der Waals surface area contributed by atoms with Crippen molar-refractivity contribution in [2.45, 2.75) is 57.4 Å². The molecule has 0 unspecified atom stereocenters. The maximum absolute atomic E-state index is 12.4. The number of likely N-dealkylation sites (tertiary alicyclic amines) is 1. The number of carbonyl (C=O) groups is 1. The molecule has 5 heteroatoms. The summed E-state index contributed by atoms with van der Waals surface area (Å²) < 4.78 is 0. The van der Waals surface area contributed by atoms with E-state index in [1.165, 1.54) is 71.0 Å². The summed E-state index contributed by atoms with van der Waals surface area (Å²) in [5.41, 5.74) is 9.83. The highest BCUT2D eigenvalue weighted by molar-refractivity contribution is 6.05. The van der Waals surface area contributed by atoms with Crippen molar-refractivity contribution >= 4 is 23.0 Å². The predicted octanol–water partition coefficient (Wildman–Crippen LogP) is 5.61. The number of carbonyl (C=O) groups excluding carboxylic acids is 1. The van der Waals surface area contributed by atoms with Gasteiger partial charge in [0.2, 0.25) is 0 Å². The number of rotatable bonds is 6. The Morgan fingerprint density at radius 2 is 1.59 bits per heavy atom. The van der Waals surface area contributed by atoms with E-state index in [4.69, 9.17) is 5.73 Å². The summed E-state index contributed by atoms with van der Waals surface area (Å²) >= 11 is 0. The molecule has 1 aliphatic heterocycles. The minimum Gasteiger partial charge on any atom is -0.397 e. The van der Waals surface area contributed by atoms with Crippen LogP contribution in [0.4, 0.5) is 17.1 Å². The lowest BCUT2D eigenvalue weighted by Crippen LogP contribution is -2.52. The number of amides is 1. The van der Waals surface area contributed by atoms with Gasteiger partial charge in [0.15, 0.2) is 0 Å². The summed E-state index contributed by atoms with van der Waals surface area (Å²) in [5.74, 6) is 2.98. The van der Waals surface area contributed by atoms with E-state index in [1.54, 1.807) is 12.1 Å². The first kappa shape index (κ1) is 22.0. The number of piperidine rings is 1. The second-order valence-electron chi connectivity index (χ2n) is 11.7. The SMILES string of the molecule is Nc1cc(NC2CCN(CC34CC5CC(CC(C5)C3)C4)CC2)ccc1NC(=O)c1ccccc1. The fraction of sp³-hybridized carbons (Fsp3) is 0.552. The third kappa shape index (κ3) is 4.55. The van der Waals surface area contributed by atoms with Crippen LogP contribution in [0, 0.1) is 23.2 Å². The van der Waals surface area contributed by atoms with Gasteiger partial charge in [0.25, 0.3) is 5.91 Å². The molecule has 1 amide bonds. The average molecular weight is 459 g/mol. The van der Waals surface area contributed by atoms with Crippen LogP contribution in [0.1, 0.15) is 61.7 Å². The number of nitrogens with one attached hydrogen (secondary N) is 2. The van der Waals surface area contributed by atoms with Crippen LogP contribution >= 0.6 is 0 Å². The minimum absolute atomic E-state index is 0.139. The van der Waals surface area contributed by atoms with Gasteiger partial charge >= 0.3 is 0 Å². The zero-order valence-corrected chi connectivity index (χ0v) is 20.1. The van der Waals surface area contributed by atoms with E-state index in [0.717, 1.165) is 23.4 Å². The maximum Gasteiger partial charge on any atom is 0.255 e. The number of anilines is 3. The van der Waals surface area contributed by atoms with Crippen molar-refractivity contribution in [3.63, 3.8) is 0 Å². The molecule has 2 aromatic rings. The second-order valence-corrected chi connectivity index (χ2v) is 11.7. The van der Waals surface area contributed by atoms with Crippen LogP contribution < -0.4 is 16.4 Å². The lowest BCUT2D eigenvalue weighted by molar-refractivity contribution is -0.0711. The van der Waals surface area contributed by atoms with Crippen LogP contribution in [0.5, 0.6) is 0 Å². The van der Waals surface area contributed by atoms with Gasteiger partial charge in [0, 0.05) is 36.9 Å². The number of benzene rings is 2. The summed E-state index contributed by atoms with van der Waals surface area (Å²) in [6.07, 6.45) is 11.5. The van der Waals surface area contributed by atoms with Gasteiger partial charge in [-0.3, -0.25) is 4.79 Å². The summed E-state index contributed by atoms with van der Waals surface area (Å²) in [7, 11) is 0. The van der Waals surface area contributed by atoms with Crippen LogP contribution in [0.25, 0.3) is 0 Å². The van der Waals surface area contributed by atoms with Gasteiger partial charge in [-0.15, -0.1) is 0 Å². The summed E-state index contributed by atoms with van der Waals surface area (Å²) in [5, 5.41) is 6.62. The van der Waals surface area contributed by atoms with Crippen molar-refractivity contribution in [2.24, 2.45) is 23.2 Å². The molecule has 1 saturated heterocycles. The summed E-state index contributed by atoms with van der Waals surface area (Å²) in [6, 6.07) is 15.6. The van der Waals surface area contributed by atoms with E-state index in [1.807, 2.05) is 36.4 Å². The molecule has 2 aromatic carbocycles. The van der Waals surface area contributed by atoms with Crippen molar-refractivity contribution in [3.05, 3.63) is 54.1 Å². The Balaban J connectivity index is 1.01. The molecule has 0 radical (unpaired) electrons. The Labute approximate surface area is 203 Å². The first-order valence-corrected chi connectivity index (χ1v) is 13.3. The molecule has 5 fully saturated rings. The fourth-order valence-corrected chi connectivity index (χ4v) is 7.98. The highest BCUT2D eigenvalue weighted by Crippen LogP contribution is 2.60. The molecule has 0 aromatic heterocycles. The number of nitrogen functional groups attached to an aromatic ring is 1. The molecule has 4 saturated carbocycles. The average Bonchev–Trinajstić information content (AvgIpc) is 2.81. The molecule has 7 rings (SSSR count). The molecular formula is C29H38N4O. The fourth-order valence-electron chi connectivity index (χ4n) is 7.98. The number of hydrogen-bond donors (Lipinski definition) is 3.